The number of hydrogen-bond acceptors (Lipinski definition) is 4. The van der Waals surface area contributed by atoms with Gasteiger partial charge in [0, 0.05) is 11.7 Å². The van der Waals surface area contributed by atoms with E-state index >= 15 is 0 Å². The maximum atomic E-state index is 11.4. The molecule has 2 aromatic rings. The van der Waals surface area contributed by atoms with E-state index < -0.39 is 10.0 Å². The molecule has 1 atom stereocenters. The van der Waals surface area contributed by atoms with Crippen molar-refractivity contribution in [1.82, 2.24) is 0 Å². The number of sulfonamides is 1. The quantitative estimate of drug-likeness (QED) is 0.911. The van der Waals surface area contributed by atoms with Crippen LogP contribution in [0.15, 0.2) is 39.9 Å². The molecular weight excluding hydrogens is 280 g/mol. The molecule has 1 aromatic carbocycles. The Bertz CT molecular complexity index is 664. The van der Waals surface area contributed by atoms with Crippen LogP contribution in [0.4, 0.5) is 5.69 Å². The van der Waals surface area contributed by atoms with Crippen molar-refractivity contribution in [3.8, 4) is 0 Å². The first-order chi connectivity index (χ1) is 8.88. The van der Waals surface area contributed by atoms with E-state index in [-0.39, 0.29) is 10.9 Å². The molecule has 2 rings (SSSR count). The summed E-state index contributed by atoms with van der Waals surface area (Å²) < 4.78 is 22.7. The maximum absolute atomic E-state index is 11.4. The minimum atomic E-state index is -3.67. The first-order valence-corrected chi connectivity index (χ1v) is 8.29. The first kappa shape index (κ1) is 14.0. The zero-order chi connectivity index (χ0) is 14.0. The highest BCUT2D eigenvalue weighted by Crippen LogP contribution is 2.25. The Balaban J connectivity index is 2.30. The highest BCUT2D eigenvalue weighted by atomic mass is 32.2. The summed E-state index contributed by atoms with van der Waals surface area (Å²) in [7, 11) is -3.67. The Hall–Kier alpha value is -1.37. The van der Waals surface area contributed by atoms with Crippen molar-refractivity contribution < 1.29 is 8.42 Å². The molecule has 3 N–H and O–H groups in total. The zero-order valence-corrected chi connectivity index (χ0v) is 12.4. The molecule has 0 aliphatic heterocycles. The van der Waals surface area contributed by atoms with Crippen molar-refractivity contribution >= 4 is 27.0 Å². The molecule has 0 aliphatic carbocycles. The third kappa shape index (κ3) is 3.34. The van der Waals surface area contributed by atoms with Crippen molar-refractivity contribution in [3.63, 3.8) is 0 Å². The number of rotatable bonds is 4. The number of thiophene rings is 1. The molecule has 4 nitrogen and oxygen atoms in total. The second-order valence-electron chi connectivity index (χ2n) is 4.44. The van der Waals surface area contributed by atoms with Crippen molar-refractivity contribution in [3.05, 3.63) is 46.2 Å². The van der Waals surface area contributed by atoms with E-state index in [1.165, 1.54) is 11.6 Å². The fourth-order valence-corrected chi connectivity index (χ4v) is 3.07. The molecule has 0 bridgehead atoms. The molecule has 0 saturated carbocycles. The van der Waals surface area contributed by atoms with Crippen molar-refractivity contribution in [1.29, 1.82) is 0 Å². The Morgan fingerprint density at radius 2 is 2.05 bits per heavy atom. The van der Waals surface area contributed by atoms with E-state index in [1.807, 2.05) is 25.3 Å². The molecule has 102 valence electrons. The van der Waals surface area contributed by atoms with Crippen molar-refractivity contribution in [2.24, 2.45) is 5.14 Å². The normalized spacial score (nSPS) is 13.2. The van der Waals surface area contributed by atoms with Gasteiger partial charge in [0.15, 0.2) is 0 Å². The van der Waals surface area contributed by atoms with Crippen LogP contribution in [-0.4, -0.2) is 8.42 Å². The van der Waals surface area contributed by atoms with Gasteiger partial charge in [-0.25, -0.2) is 13.6 Å². The first-order valence-electron chi connectivity index (χ1n) is 5.80. The van der Waals surface area contributed by atoms with Gasteiger partial charge in [-0.15, -0.1) is 0 Å². The number of benzene rings is 1. The van der Waals surface area contributed by atoms with E-state index in [9.17, 15) is 8.42 Å². The van der Waals surface area contributed by atoms with Gasteiger partial charge in [0.2, 0.25) is 10.0 Å². The second kappa shape index (κ2) is 5.32. The number of nitrogens with two attached hydrogens (primary N) is 1. The third-order valence-corrected chi connectivity index (χ3v) is 4.57. The number of primary sulfonamides is 1. The maximum Gasteiger partial charge on any atom is 0.238 e. The Kier molecular flexibility index (Phi) is 3.93. The Morgan fingerprint density at radius 1 is 1.32 bits per heavy atom. The van der Waals surface area contributed by atoms with Crippen LogP contribution in [0, 0.1) is 6.92 Å². The lowest BCUT2D eigenvalue weighted by Crippen LogP contribution is -2.13. The molecule has 6 heteroatoms. The highest BCUT2D eigenvalue weighted by Gasteiger charge is 2.12. The molecule has 0 aliphatic rings. The molecule has 1 aromatic heterocycles. The average Bonchev–Trinajstić information content (AvgIpc) is 2.84. The number of aryl methyl sites for hydroxylation is 1. The van der Waals surface area contributed by atoms with Crippen molar-refractivity contribution in [2.75, 3.05) is 5.32 Å². The van der Waals surface area contributed by atoms with Gasteiger partial charge in [-0.05, 0) is 53.9 Å². The summed E-state index contributed by atoms with van der Waals surface area (Å²) in [6, 6.07) is 7.00. The molecule has 0 saturated heterocycles. The molecular formula is C13H16N2O2S2. The van der Waals surface area contributed by atoms with Gasteiger partial charge in [-0.1, -0.05) is 6.07 Å². The zero-order valence-electron chi connectivity index (χ0n) is 10.8. The summed E-state index contributed by atoms with van der Waals surface area (Å²) >= 11 is 1.63. The van der Waals surface area contributed by atoms with Gasteiger partial charge in [-0.2, -0.15) is 11.3 Å². The number of hydrogen-bond donors (Lipinski definition) is 2. The summed E-state index contributed by atoms with van der Waals surface area (Å²) in [4.78, 5) is 0.123. The largest absolute Gasteiger partial charge is 0.378 e. The minimum Gasteiger partial charge on any atom is -0.378 e. The molecule has 0 fully saturated rings. The molecule has 1 heterocycles. The van der Waals surface area contributed by atoms with Crippen LogP contribution >= 0.6 is 11.3 Å². The average molecular weight is 296 g/mol. The van der Waals surface area contributed by atoms with Gasteiger partial charge in [-0.3, -0.25) is 0 Å². The summed E-state index contributed by atoms with van der Waals surface area (Å²) in [6.45, 7) is 3.96. The number of anilines is 1. The van der Waals surface area contributed by atoms with Crippen LogP contribution in [-0.2, 0) is 10.0 Å². The van der Waals surface area contributed by atoms with E-state index in [0.717, 1.165) is 11.3 Å². The van der Waals surface area contributed by atoms with E-state index in [0.29, 0.717) is 0 Å². The number of nitrogens with one attached hydrogen (secondary N) is 1. The minimum absolute atomic E-state index is 0.112. The smallest absolute Gasteiger partial charge is 0.238 e. The second-order valence-corrected chi connectivity index (χ2v) is 6.79. The van der Waals surface area contributed by atoms with Crippen LogP contribution in [0.25, 0.3) is 0 Å². The van der Waals surface area contributed by atoms with Crippen LogP contribution in [0.2, 0.25) is 0 Å². The molecule has 1 unspecified atom stereocenters. The fraction of sp³-hybridized carbons (Fsp3) is 0.231. The predicted octanol–water partition coefficient (Wildman–Crippen LogP) is 2.88. The lowest BCUT2D eigenvalue weighted by Gasteiger charge is -2.16. The predicted molar refractivity (Wildman–Crippen MR) is 78.9 cm³/mol. The van der Waals surface area contributed by atoms with E-state index in [1.54, 1.807) is 23.5 Å². The summed E-state index contributed by atoms with van der Waals surface area (Å²) in [5, 5.41) is 12.5. The van der Waals surface area contributed by atoms with E-state index in [2.05, 4.69) is 10.7 Å². The van der Waals surface area contributed by atoms with Gasteiger partial charge in [0.25, 0.3) is 0 Å². The van der Waals surface area contributed by atoms with Gasteiger partial charge >= 0.3 is 0 Å². The lowest BCUT2D eigenvalue weighted by atomic mass is 10.1. The van der Waals surface area contributed by atoms with E-state index in [4.69, 9.17) is 5.14 Å². The highest BCUT2D eigenvalue weighted by molar-refractivity contribution is 7.89. The molecule has 0 amide bonds. The summed E-state index contributed by atoms with van der Waals surface area (Å²) in [5.41, 5.74) is 2.94. The van der Waals surface area contributed by atoms with Crippen LogP contribution in [0.1, 0.15) is 24.1 Å². The Labute approximate surface area is 117 Å². The topological polar surface area (TPSA) is 72.2 Å². The van der Waals surface area contributed by atoms with Crippen LogP contribution in [0.3, 0.4) is 0 Å². The van der Waals surface area contributed by atoms with Crippen LogP contribution in [0.5, 0.6) is 0 Å². The molecule has 0 spiro atoms. The SMILES string of the molecule is Cc1ccc(S(N)(=O)=O)cc1NC(C)c1ccsc1. The molecule has 0 radical (unpaired) electrons. The van der Waals surface area contributed by atoms with Gasteiger partial charge in [0.05, 0.1) is 4.90 Å². The van der Waals surface area contributed by atoms with Gasteiger partial charge in [0.1, 0.15) is 0 Å². The molecule has 19 heavy (non-hydrogen) atoms. The van der Waals surface area contributed by atoms with Crippen LogP contribution < -0.4 is 10.5 Å². The fourth-order valence-electron chi connectivity index (χ4n) is 1.77. The Morgan fingerprint density at radius 3 is 2.63 bits per heavy atom. The third-order valence-electron chi connectivity index (χ3n) is 2.95. The lowest BCUT2D eigenvalue weighted by molar-refractivity contribution is 0.598. The van der Waals surface area contributed by atoms with Crippen molar-refractivity contribution in [2.45, 2.75) is 24.8 Å². The monoisotopic (exact) mass is 296 g/mol. The summed E-state index contributed by atoms with van der Waals surface area (Å²) in [5.74, 6) is 0. The van der Waals surface area contributed by atoms with Gasteiger partial charge < -0.3 is 5.32 Å². The summed E-state index contributed by atoms with van der Waals surface area (Å²) in [6.07, 6.45) is 0. The standard InChI is InChI=1S/C13H16N2O2S2/c1-9-3-4-12(19(14,16)17)7-13(9)15-10(2)11-5-6-18-8-11/h3-8,10,15H,1-2H3,(H2,14,16,17).